The van der Waals surface area contributed by atoms with Crippen molar-refractivity contribution in [3.05, 3.63) is 24.3 Å². The topological polar surface area (TPSA) is 43.9 Å². The standard InChI is InChI=1S/C21H29N3O2S/c1-27-19-8-6-18(7-9-19)24-15-16(14-20(24)25)21(26)23-12-10-22(11-13-23)17-4-2-3-5-17/h6-9,16-17H,2-5,10-15H2,1H3. The lowest BCUT2D eigenvalue weighted by Crippen LogP contribution is -2.52. The van der Waals surface area contributed by atoms with Gasteiger partial charge in [0.15, 0.2) is 0 Å². The first-order chi connectivity index (χ1) is 13.2. The van der Waals surface area contributed by atoms with Gasteiger partial charge in [-0.15, -0.1) is 11.8 Å². The van der Waals surface area contributed by atoms with E-state index >= 15 is 0 Å². The quantitative estimate of drug-likeness (QED) is 0.745. The lowest BCUT2D eigenvalue weighted by atomic mass is 10.1. The normalized spacial score (nSPS) is 24.8. The molecule has 3 fully saturated rings. The number of benzene rings is 1. The molecular formula is C21H29N3O2S. The average Bonchev–Trinajstić information content (AvgIpc) is 3.38. The van der Waals surface area contributed by atoms with Gasteiger partial charge in [-0.1, -0.05) is 12.8 Å². The van der Waals surface area contributed by atoms with Gasteiger partial charge in [0.05, 0.1) is 5.92 Å². The van der Waals surface area contributed by atoms with E-state index in [1.54, 1.807) is 16.7 Å². The van der Waals surface area contributed by atoms with Gasteiger partial charge in [0.1, 0.15) is 0 Å². The number of nitrogens with zero attached hydrogens (tertiary/aromatic N) is 3. The number of hydrogen-bond acceptors (Lipinski definition) is 4. The van der Waals surface area contributed by atoms with Crippen LogP contribution >= 0.6 is 11.8 Å². The van der Waals surface area contributed by atoms with Gasteiger partial charge in [-0.05, 0) is 43.4 Å². The van der Waals surface area contributed by atoms with Crippen LogP contribution in [0.2, 0.25) is 0 Å². The third-order valence-corrected chi connectivity index (χ3v) is 7.07. The second kappa shape index (κ2) is 8.23. The minimum absolute atomic E-state index is 0.0647. The molecule has 6 heteroatoms. The highest BCUT2D eigenvalue weighted by atomic mass is 32.2. The Hall–Kier alpha value is -1.53. The summed E-state index contributed by atoms with van der Waals surface area (Å²) < 4.78 is 0. The number of carbonyl (C=O) groups is 2. The van der Waals surface area contributed by atoms with Crippen LogP contribution < -0.4 is 4.90 Å². The molecule has 1 aromatic carbocycles. The monoisotopic (exact) mass is 387 g/mol. The Morgan fingerprint density at radius 1 is 1.04 bits per heavy atom. The van der Waals surface area contributed by atoms with Crippen LogP contribution in [0.25, 0.3) is 0 Å². The molecule has 1 unspecified atom stereocenters. The number of hydrogen-bond donors (Lipinski definition) is 0. The Kier molecular flexibility index (Phi) is 5.74. The van der Waals surface area contributed by atoms with Gasteiger partial charge in [0.2, 0.25) is 11.8 Å². The Morgan fingerprint density at radius 2 is 1.70 bits per heavy atom. The number of piperazine rings is 1. The second-order valence-electron chi connectivity index (χ2n) is 7.90. The molecule has 0 N–H and O–H groups in total. The third kappa shape index (κ3) is 4.02. The highest BCUT2D eigenvalue weighted by molar-refractivity contribution is 7.98. The fourth-order valence-corrected chi connectivity index (χ4v) is 5.13. The van der Waals surface area contributed by atoms with Gasteiger partial charge >= 0.3 is 0 Å². The van der Waals surface area contributed by atoms with Crippen LogP contribution in [-0.4, -0.2) is 66.6 Å². The van der Waals surface area contributed by atoms with E-state index in [2.05, 4.69) is 4.90 Å². The fraction of sp³-hybridized carbons (Fsp3) is 0.619. The molecule has 27 heavy (non-hydrogen) atoms. The van der Waals surface area contributed by atoms with Gasteiger partial charge in [0.25, 0.3) is 0 Å². The smallest absolute Gasteiger partial charge is 0.228 e. The van der Waals surface area contributed by atoms with Crippen molar-refractivity contribution >= 4 is 29.3 Å². The molecule has 0 bridgehead atoms. The number of amides is 2. The number of rotatable bonds is 4. The fourth-order valence-electron chi connectivity index (χ4n) is 4.72. The molecule has 0 spiro atoms. The summed E-state index contributed by atoms with van der Waals surface area (Å²) in [5.74, 6) is 0.0308. The van der Waals surface area contributed by atoms with E-state index in [9.17, 15) is 9.59 Å². The molecule has 2 heterocycles. The average molecular weight is 388 g/mol. The summed E-state index contributed by atoms with van der Waals surface area (Å²) in [5, 5.41) is 0. The van der Waals surface area contributed by atoms with Crippen molar-refractivity contribution in [2.24, 2.45) is 5.92 Å². The Balaban J connectivity index is 1.33. The third-order valence-electron chi connectivity index (χ3n) is 6.33. The van der Waals surface area contributed by atoms with Crippen molar-refractivity contribution in [3.63, 3.8) is 0 Å². The first-order valence-electron chi connectivity index (χ1n) is 10.1. The van der Waals surface area contributed by atoms with Crippen LogP contribution in [-0.2, 0) is 9.59 Å². The Bertz CT molecular complexity index is 679. The highest BCUT2D eigenvalue weighted by Crippen LogP contribution is 2.29. The number of thioether (sulfide) groups is 1. The zero-order valence-corrected chi connectivity index (χ0v) is 16.9. The summed E-state index contributed by atoms with van der Waals surface area (Å²) in [6.45, 7) is 4.10. The molecule has 2 amide bonds. The van der Waals surface area contributed by atoms with Crippen molar-refractivity contribution in [3.8, 4) is 0 Å². The zero-order valence-electron chi connectivity index (χ0n) is 16.1. The highest BCUT2D eigenvalue weighted by Gasteiger charge is 2.38. The molecule has 2 saturated heterocycles. The van der Waals surface area contributed by atoms with Crippen molar-refractivity contribution in [1.29, 1.82) is 0 Å². The molecule has 2 aliphatic heterocycles. The lowest BCUT2D eigenvalue weighted by molar-refractivity contribution is -0.137. The van der Waals surface area contributed by atoms with Crippen LogP contribution in [0.5, 0.6) is 0 Å². The van der Waals surface area contributed by atoms with E-state index in [0.29, 0.717) is 13.0 Å². The van der Waals surface area contributed by atoms with Crippen LogP contribution in [0.1, 0.15) is 32.1 Å². The minimum atomic E-state index is -0.198. The molecule has 1 atom stereocenters. The zero-order chi connectivity index (χ0) is 18.8. The van der Waals surface area contributed by atoms with E-state index in [0.717, 1.165) is 37.9 Å². The Morgan fingerprint density at radius 3 is 2.33 bits per heavy atom. The summed E-state index contributed by atoms with van der Waals surface area (Å²) >= 11 is 1.69. The summed E-state index contributed by atoms with van der Waals surface area (Å²) in [5.41, 5.74) is 0.902. The van der Waals surface area contributed by atoms with Crippen LogP contribution in [0.4, 0.5) is 5.69 Å². The van der Waals surface area contributed by atoms with Crippen molar-refractivity contribution in [1.82, 2.24) is 9.80 Å². The van der Waals surface area contributed by atoms with Gasteiger partial charge in [-0.2, -0.15) is 0 Å². The van der Waals surface area contributed by atoms with Crippen LogP contribution in [0.3, 0.4) is 0 Å². The molecule has 0 radical (unpaired) electrons. The molecular weight excluding hydrogens is 358 g/mol. The van der Waals surface area contributed by atoms with Crippen molar-refractivity contribution < 1.29 is 9.59 Å². The summed E-state index contributed by atoms with van der Waals surface area (Å²) in [6, 6.07) is 8.76. The predicted molar refractivity (Wildman–Crippen MR) is 109 cm³/mol. The molecule has 5 nitrogen and oxygen atoms in total. The summed E-state index contributed by atoms with van der Waals surface area (Å²) in [6.07, 6.45) is 7.71. The summed E-state index contributed by atoms with van der Waals surface area (Å²) in [7, 11) is 0. The van der Waals surface area contributed by atoms with Gasteiger partial charge in [-0.3, -0.25) is 14.5 Å². The molecule has 146 valence electrons. The molecule has 1 saturated carbocycles. The van der Waals surface area contributed by atoms with E-state index in [4.69, 9.17) is 0 Å². The molecule has 1 aromatic rings. The van der Waals surface area contributed by atoms with Crippen molar-refractivity contribution in [2.75, 3.05) is 43.9 Å². The van der Waals surface area contributed by atoms with E-state index in [-0.39, 0.29) is 17.7 Å². The largest absolute Gasteiger partial charge is 0.340 e. The Labute approximate surface area is 166 Å². The van der Waals surface area contributed by atoms with E-state index < -0.39 is 0 Å². The van der Waals surface area contributed by atoms with Gasteiger partial charge in [-0.25, -0.2) is 0 Å². The van der Waals surface area contributed by atoms with E-state index in [1.807, 2.05) is 35.4 Å². The molecule has 4 rings (SSSR count). The number of anilines is 1. The maximum absolute atomic E-state index is 13.0. The van der Waals surface area contributed by atoms with Crippen molar-refractivity contribution in [2.45, 2.75) is 43.0 Å². The summed E-state index contributed by atoms with van der Waals surface area (Å²) in [4.78, 5) is 33.0. The molecule has 0 aromatic heterocycles. The first kappa shape index (κ1) is 18.8. The SMILES string of the molecule is CSc1ccc(N2CC(C(=O)N3CCN(C4CCCC4)CC3)CC2=O)cc1. The maximum atomic E-state index is 13.0. The predicted octanol–water partition coefficient (Wildman–Crippen LogP) is 2.85. The first-order valence-corrected chi connectivity index (χ1v) is 11.4. The minimum Gasteiger partial charge on any atom is -0.340 e. The molecule has 3 aliphatic rings. The van der Waals surface area contributed by atoms with E-state index in [1.165, 1.54) is 30.6 Å². The second-order valence-corrected chi connectivity index (χ2v) is 8.78. The molecule has 1 aliphatic carbocycles. The number of carbonyl (C=O) groups excluding carboxylic acids is 2. The van der Waals surface area contributed by atoms with Crippen LogP contribution in [0.15, 0.2) is 29.2 Å². The van der Waals surface area contributed by atoms with Crippen LogP contribution in [0, 0.1) is 5.92 Å². The van der Waals surface area contributed by atoms with Gasteiger partial charge in [0, 0.05) is 55.8 Å². The van der Waals surface area contributed by atoms with Gasteiger partial charge < -0.3 is 9.80 Å². The maximum Gasteiger partial charge on any atom is 0.228 e. The lowest BCUT2D eigenvalue weighted by Gasteiger charge is -2.38.